The van der Waals surface area contributed by atoms with E-state index < -0.39 is 22.5 Å². The Hall–Kier alpha value is -3.87. The molecule has 1 aromatic carbocycles. The van der Waals surface area contributed by atoms with Gasteiger partial charge in [-0.05, 0) is 6.07 Å². The van der Waals surface area contributed by atoms with Gasteiger partial charge in [0.25, 0.3) is 5.69 Å². The largest absolute Gasteiger partial charge is 0.465 e. The molecular formula is C15H12N4O6. The zero-order chi connectivity index (χ0) is 18.7. The van der Waals surface area contributed by atoms with E-state index in [1.165, 1.54) is 18.3 Å². The number of nitro groups is 1. The fourth-order valence-corrected chi connectivity index (χ4v) is 2.30. The Morgan fingerprint density at radius 1 is 1.28 bits per heavy atom. The summed E-state index contributed by atoms with van der Waals surface area (Å²) in [6.45, 7) is 0. The minimum atomic E-state index is -0.983. The summed E-state index contributed by atoms with van der Waals surface area (Å²) < 4.78 is 10.3. The molecule has 0 radical (unpaired) electrons. The van der Waals surface area contributed by atoms with Crippen molar-refractivity contribution in [3.05, 3.63) is 51.3 Å². The van der Waals surface area contributed by atoms with E-state index in [0.29, 0.717) is 0 Å². The summed E-state index contributed by atoms with van der Waals surface area (Å²) in [5.41, 5.74) is 4.38. The smallest absolute Gasteiger partial charge is 0.357 e. The maximum atomic E-state index is 12.1. The molecule has 1 heterocycles. The van der Waals surface area contributed by atoms with Crippen LogP contribution in [0.1, 0.15) is 26.4 Å². The zero-order valence-corrected chi connectivity index (χ0v) is 13.2. The van der Waals surface area contributed by atoms with Crippen LogP contribution in [0.2, 0.25) is 0 Å². The number of nitriles is 1. The van der Waals surface area contributed by atoms with Crippen molar-refractivity contribution in [2.24, 2.45) is 0 Å². The molecule has 0 saturated heterocycles. The molecule has 10 nitrogen and oxygen atoms in total. The van der Waals surface area contributed by atoms with E-state index in [2.05, 4.69) is 9.47 Å². The Bertz CT molecular complexity index is 925. The highest BCUT2D eigenvalue weighted by atomic mass is 16.6. The van der Waals surface area contributed by atoms with Gasteiger partial charge in [0.05, 0.1) is 36.1 Å². The second-order valence-electron chi connectivity index (χ2n) is 4.70. The van der Waals surface area contributed by atoms with Crippen molar-refractivity contribution in [1.82, 2.24) is 4.57 Å². The number of rotatable bonds is 4. The summed E-state index contributed by atoms with van der Waals surface area (Å²) >= 11 is 0. The number of hydrogen-bond donors (Lipinski definition) is 1. The molecule has 0 saturated carbocycles. The van der Waals surface area contributed by atoms with Crippen LogP contribution in [0.4, 0.5) is 11.4 Å². The summed E-state index contributed by atoms with van der Waals surface area (Å²) in [6, 6.07) is 5.59. The van der Waals surface area contributed by atoms with Crippen LogP contribution in [0, 0.1) is 21.4 Å². The Morgan fingerprint density at radius 2 is 1.92 bits per heavy atom. The van der Waals surface area contributed by atoms with E-state index in [4.69, 9.17) is 11.0 Å². The van der Waals surface area contributed by atoms with Gasteiger partial charge in [-0.1, -0.05) is 6.07 Å². The highest BCUT2D eigenvalue weighted by Gasteiger charge is 2.29. The molecule has 1 aromatic heterocycles. The van der Waals surface area contributed by atoms with E-state index >= 15 is 0 Å². The van der Waals surface area contributed by atoms with E-state index in [1.54, 1.807) is 6.07 Å². The number of hydrogen-bond acceptors (Lipinski definition) is 8. The summed E-state index contributed by atoms with van der Waals surface area (Å²) in [6.07, 6.45) is 1.19. The van der Waals surface area contributed by atoms with Crippen LogP contribution in [0.5, 0.6) is 0 Å². The Balaban J connectivity index is 2.90. The Kier molecular flexibility index (Phi) is 4.69. The van der Waals surface area contributed by atoms with Gasteiger partial charge < -0.3 is 19.8 Å². The fourth-order valence-electron chi connectivity index (χ4n) is 2.30. The number of carbonyl (C=O) groups excluding carboxylic acids is 2. The van der Waals surface area contributed by atoms with Gasteiger partial charge in [0, 0.05) is 12.3 Å². The van der Waals surface area contributed by atoms with Crippen molar-refractivity contribution in [1.29, 1.82) is 5.26 Å². The van der Waals surface area contributed by atoms with Gasteiger partial charge in [-0.3, -0.25) is 10.1 Å². The molecule has 2 aromatic rings. The van der Waals surface area contributed by atoms with Gasteiger partial charge in [0.2, 0.25) is 0 Å². The summed E-state index contributed by atoms with van der Waals surface area (Å²) in [4.78, 5) is 34.6. The second-order valence-corrected chi connectivity index (χ2v) is 4.70. The number of esters is 2. The molecule has 25 heavy (non-hydrogen) atoms. The van der Waals surface area contributed by atoms with Gasteiger partial charge in [0.15, 0.2) is 11.3 Å². The van der Waals surface area contributed by atoms with Crippen molar-refractivity contribution in [2.75, 3.05) is 20.0 Å². The average molecular weight is 344 g/mol. The molecule has 2 rings (SSSR count). The highest BCUT2D eigenvalue weighted by Crippen LogP contribution is 2.31. The molecule has 0 aliphatic heterocycles. The molecule has 0 spiro atoms. The number of nitrogens with two attached hydrogens (primary N) is 1. The minimum Gasteiger partial charge on any atom is -0.465 e. The fraction of sp³-hybridized carbons (Fsp3) is 0.133. The average Bonchev–Trinajstić information content (AvgIpc) is 2.95. The number of benzene rings is 1. The van der Waals surface area contributed by atoms with Crippen LogP contribution in [-0.2, 0) is 9.47 Å². The van der Waals surface area contributed by atoms with Crippen LogP contribution < -0.4 is 5.73 Å². The third kappa shape index (κ3) is 2.86. The number of nitrogen functional groups attached to an aromatic ring is 1. The second kappa shape index (κ2) is 6.71. The zero-order valence-electron chi connectivity index (χ0n) is 13.2. The van der Waals surface area contributed by atoms with Crippen LogP contribution in [0.25, 0.3) is 5.69 Å². The van der Waals surface area contributed by atoms with Gasteiger partial charge in [0.1, 0.15) is 6.07 Å². The third-order valence-electron chi connectivity index (χ3n) is 3.41. The summed E-state index contributed by atoms with van der Waals surface area (Å²) in [7, 11) is 2.18. The normalized spacial score (nSPS) is 9.96. The molecular weight excluding hydrogens is 332 g/mol. The third-order valence-corrected chi connectivity index (χ3v) is 3.41. The number of anilines is 1. The molecule has 0 bridgehead atoms. The van der Waals surface area contributed by atoms with Gasteiger partial charge >= 0.3 is 11.9 Å². The Morgan fingerprint density at radius 3 is 2.44 bits per heavy atom. The molecule has 2 N–H and O–H groups in total. The first-order valence-corrected chi connectivity index (χ1v) is 6.72. The first-order chi connectivity index (χ1) is 11.9. The molecule has 0 aliphatic rings. The lowest BCUT2D eigenvalue weighted by atomic mass is 10.1. The quantitative estimate of drug-likeness (QED) is 0.496. The lowest BCUT2D eigenvalue weighted by molar-refractivity contribution is -0.385. The predicted molar refractivity (Wildman–Crippen MR) is 84.2 cm³/mol. The maximum Gasteiger partial charge on any atom is 0.357 e. The molecule has 0 aliphatic carbocycles. The highest BCUT2D eigenvalue weighted by molar-refractivity contribution is 6.00. The van der Waals surface area contributed by atoms with Crippen LogP contribution in [-0.4, -0.2) is 35.6 Å². The predicted octanol–water partition coefficient (Wildman–Crippen LogP) is 1.41. The van der Waals surface area contributed by atoms with Crippen LogP contribution in [0.15, 0.2) is 24.4 Å². The number of nitro benzene ring substituents is 1. The topological polar surface area (TPSA) is 150 Å². The van der Waals surface area contributed by atoms with E-state index in [9.17, 15) is 19.7 Å². The maximum absolute atomic E-state index is 12.1. The number of carbonyl (C=O) groups is 2. The molecule has 0 amide bonds. The van der Waals surface area contributed by atoms with Gasteiger partial charge in [-0.2, -0.15) is 5.26 Å². The molecule has 0 unspecified atom stereocenters. The lowest BCUT2D eigenvalue weighted by Crippen LogP contribution is -2.15. The van der Waals surface area contributed by atoms with Gasteiger partial charge in [-0.25, -0.2) is 9.59 Å². The Labute approximate surface area is 141 Å². The van der Waals surface area contributed by atoms with Gasteiger partial charge in [-0.15, -0.1) is 0 Å². The molecule has 128 valence electrons. The standard InChI is InChI=1S/C15H12N4O6/c1-24-14(20)11-9(4-3-5-10(11)19(22)23)18-7-8(6-16)12(17)13(18)15(21)25-2/h3-5,7H,17H2,1-2H3. The SMILES string of the molecule is COC(=O)c1c(-n2cc(C#N)c(N)c2C(=O)OC)cccc1[N+](=O)[O-]. The minimum absolute atomic E-state index is 0.0466. The summed E-state index contributed by atoms with van der Waals surface area (Å²) in [5.74, 6) is -1.86. The monoisotopic (exact) mass is 344 g/mol. The number of methoxy groups -OCH3 is 2. The van der Waals surface area contributed by atoms with Crippen molar-refractivity contribution in [2.45, 2.75) is 0 Å². The number of nitrogens with zero attached hydrogens (tertiary/aromatic N) is 3. The number of aromatic nitrogens is 1. The lowest BCUT2D eigenvalue weighted by Gasteiger charge is -2.12. The number of ether oxygens (including phenoxy) is 2. The summed E-state index contributed by atoms with van der Waals surface area (Å²) in [5, 5.41) is 20.4. The first-order valence-electron chi connectivity index (χ1n) is 6.72. The molecule has 0 atom stereocenters. The van der Waals surface area contributed by atoms with Crippen molar-refractivity contribution in [3.63, 3.8) is 0 Å². The van der Waals surface area contributed by atoms with Crippen molar-refractivity contribution >= 4 is 23.3 Å². The van der Waals surface area contributed by atoms with E-state index in [0.717, 1.165) is 24.9 Å². The van der Waals surface area contributed by atoms with E-state index in [1.807, 2.05) is 0 Å². The molecule has 0 fully saturated rings. The van der Waals surface area contributed by atoms with Crippen molar-refractivity contribution in [3.8, 4) is 11.8 Å². The van der Waals surface area contributed by atoms with Crippen LogP contribution in [0.3, 0.4) is 0 Å². The molecule has 10 heteroatoms. The van der Waals surface area contributed by atoms with Crippen LogP contribution >= 0.6 is 0 Å². The first kappa shape index (κ1) is 17.5. The van der Waals surface area contributed by atoms with E-state index in [-0.39, 0.29) is 28.2 Å². The van der Waals surface area contributed by atoms with Crippen molar-refractivity contribution < 1.29 is 24.0 Å².